The number of carboxylic acids is 2. The van der Waals surface area contributed by atoms with Crippen LogP contribution in [0.25, 0.3) is 0 Å². The Hall–Kier alpha value is -1.57. The normalized spacial score (nSPS) is 14.2. The number of rotatable bonds is 5. The molecule has 0 saturated carbocycles. The maximum absolute atomic E-state index is 10.3. The molecule has 1 radical (unpaired) electrons. The summed E-state index contributed by atoms with van der Waals surface area (Å²) in [6.45, 7) is 0. The second kappa shape index (κ2) is 3.90. The summed E-state index contributed by atoms with van der Waals surface area (Å²) in [5.74, 6) is -5.23. The van der Waals surface area contributed by atoms with E-state index in [0.717, 1.165) is 0 Å². The van der Waals surface area contributed by atoms with E-state index in [-0.39, 0.29) is 7.28 Å². The average Bonchev–Trinajstić information content (AvgIpc) is 1.82. The first-order valence-corrected chi connectivity index (χ1v) is 3.04. The monoisotopic (exact) mass is 189 g/mol. The largest absolute Gasteiger partial charge is 0.490 e. The Morgan fingerprint density at radius 1 is 1.15 bits per heavy atom. The van der Waals surface area contributed by atoms with Crippen molar-refractivity contribution in [2.45, 2.75) is 11.9 Å². The van der Waals surface area contributed by atoms with Gasteiger partial charge in [-0.05, 0) is 0 Å². The van der Waals surface area contributed by atoms with Crippen LogP contribution in [0.4, 0.5) is 4.79 Å². The van der Waals surface area contributed by atoms with Gasteiger partial charge in [-0.3, -0.25) is 9.59 Å². The van der Waals surface area contributed by atoms with Gasteiger partial charge in [0.05, 0.1) is 6.42 Å². The predicted molar refractivity (Wildman–Crippen MR) is 38.6 cm³/mol. The molecular formula is C5H6BO7. The molecule has 0 aliphatic carbocycles. The van der Waals surface area contributed by atoms with Crippen LogP contribution in [-0.4, -0.2) is 51.0 Å². The zero-order chi connectivity index (χ0) is 10.6. The Balaban J connectivity index is 4.62. The molecule has 0 spiro atoms. The third-order valence-electron chi connectivity index (χ3n) is 1.15. The van der Waals surface area contributed by atoms with Gasteiger partial charge in [0.15, 0.2) is 5.50 Å². The van der Waals surface area contributed by atoms with Crippen LogP contribution in [0.3, 0.4) is 0 Å². The summed E-state index contributed by atoms with van der Waals surface area (Å²) in [6.07, 6.45) is -1.20. The van der Waals surface area contributed by atoms with Crippen LogP contribution in [0, 0.1) is 0 Å². The molecule has 0 aromatic carbocycles. The van der Waals surface area contributed by atoms with Gasteiger partial charge in [0.2, 0.25) is 5.87 Å². The van der Waals surface area contributed by atoms with Crippen LogP contribution < -0.4 is 0 Å². The molecule has 0 fully saturated rings. The first kappa shape index (κ1) is 11.4. The Bertz CT molecular complexity index is 231. The van der Waals surface area contributed by atoms with Gasteiger partial charge in [-0.1, -0.05) is 0 Å². The Kier molecular flexibility index (Phi) is 3.43. The van der Waals surface area contributed by atoms with Crippen molar-refractivity contribution in [1.82, 2.24) is 0 Å². The molecule has 0 rings (SSSR count). The lowest BCUT2D eigenvalue weighted by Gasteiger charge is -2.17. The highest BCUT2D eigenvalue weighted by Gasteiger charge is 2.42. The van der Waals surface area contributed by atoms with Gasteiger partial charge in [-0.15, -0.1) is 0 Å². The molecule has 0 bridgehead atoms. The van der Waals surface area contributed by atoms with E-state index in [1.165, 1.54) is 0 Å². The van der Waals surface area contributed by atoms with Crippen LogP contribution in [0.1, 0.15) is 6.42 Å². The molecule has 1 atom stereocenters. The summed E-state index contributed by atoms with van der Waals surface area (Å²) in [4.78, 5) is 30.4. The summed E-state index contributed by atoms with van der Waals surface area (Å²) in [6, 6.07) is 0. The first-order chi connectivity index (χ1) is 5.78. The molecule has 0 heterocycles. The summed E-state index contributed by atoms with van der Waals surface area (Å²) in [7, 11) is 0.0173. The molecule has 8 heteroatoms. The van der Waals surface area contributed by atoms with Crippen molar-refractivity contribution in [1.29, 1.82) is 0 Å². The smallest absolute Gasteiger partial charge is 0.327 e. The third-order valence-corrected chi connectivity index (χ3v) is 1.15. The molecule has 0 aromatic rings. The van der Waals surface area contributed by atoms with E-state index in [0.29, 0.717) is 0 Å². The van der Waals surface area contributed by atoms with Crippen molar-refractivity contribution < 1.29 is 34.8 Å². The summed E-state index contributed by atoms with van der Waals surface area (Å²) >= 11 is 0. The van der Waals surface area contributed by atoms with Crippen molar-refractivity contribution in [3.05, 3.63) is 0 Å². The third kappa shape index (κ3) is 3.56. The van der Waals surface area contributed by atoms with Gasteiger partial charge >= 0.3 is 19.2 Å². The highest BCUT2D eigenvalue weighted by Crippen LogP contribution is 2.09. The summed E-state index contributed by atoms with van der Waals surface area (Å²) < 4.78 is 0. The molecule has 4 N–H and O–H groups in total. The molecule has 0 aromatic heterocycles. The molecule has 7 nitrogen and oxygen atoms in total. The maximum atomic E-state index is 10.3. The van der Waals surface area contributed by atoms with E-state index in [2.05, 4.69) is 0 Å². The molecule has 0 aliphatic rings. The van der Waals surface area contributed by atoms with Crippen LogP contribution in [0.2, 0.25) is 0 Å². The Morgan fingerprint density at radius 2 is 1.62 bits per heavy atom. The number of carboxylic acid groups (broad SMARTS) is 3. The minimum atomic E-state index is -2.86. The number of carbonyl (C=O) groups is 3. The number of aliphatic carboxylic acids is 2. The van der Waals surface area contributed by atoms with Crippen LogP contribution in [0.5, 0.6) is 0 Å². The SMILES string of the molecule is O=C(O)[B][C@](O)(CC(=O)O)C(=O)O. The topological polar surface area (TPSA) is 132 Å². The molecule has 0 saturated heterocycles. The zero-order valence-electron chi connectivity index (χ0n) is 6.30. The number of hydrogen-bond acceptors (Lipinski definition) is 4. The zero-order valence-corrected chi connectivity index (χ0v) is 6.30. The van der Waals surface area contributed by atoms with Crippen LogP contribution >= 0.6 is 0 Å². The fourth-order valence-corrected chi connectivity index (χ4v) is 0.623. The maximum Gasteiger partial charge on any atom is 0.327 e. The van der Waals surface area contributed by atoms with E-state index >= 15 is 0 Å². The van der Waals surface area contributed by atoms with E-state index in [4.69, 9.17) is 20.4 Å². The molecule has 0 amide bonds. The van der Waals surface area contributed by atoms with Gasteiger partial charge < -0.3 is 20.4 Å². The van der Waals surface area contributed by atoms with Crippen molar-refractivity contribution in [2.75, 3.05) is 0 Å². The number of aliphatic hydroxyl groups is 1. The molecule has 0 aliphatic heterocycles. The van der Waals surface area contributed by atoms with Gasteiger partial charge in [-0.25, -0.2) is 4.79 Å². The molecule has 0 unspecified atom stereocenters. The fourth-order valence-electron chi connectivity index (χ4n) is 0.623. The Labute approximate surface area is 72.8 Å². The second-order valence-electron chi connectivity index (χ2n) is 2.28. The van der Waals surface area contributed by atoms with Crippen LogP contribution in [0.15, 0.2) is 0 Å². The van der Waals surface area contributed by atoms with Gasteiger partial charge in [0.1, 0.15) is 0 Å². The summed E-state index contributed by atoms with van der Waals surface area (Å²) in [5, 5.41) is 33.6. The Morgan fingerprint density at radius 3 is 1.85 bits per heavy atom. The van der Waals surface area contributed by atoms with Crippen molar-refractivity contribution >= 4 is 25.1 Å². The lowest BCUT2D eigenvalue weighted by molar-refractivity contribution is -0.157. The quantitative estimate of drug-likeness (QED) is 0.391. The van der Waals surface area contributed by atoms with E-state index in [1.807, 2.05) is 0 Å². The van der Waals surface area contributed by atoms with E-state index in [1.54, 1.807) is 0 Å². The fraction of sp³-hybridized carbons (Fsp3) is 0.400. The van der Waals surface area contributed by atoms with Crippen LogP contribution in [-0.2, 0) is 9.59 Å². The predicted octanol–water partition coefficient (Wildman–Crippen LogP) is -1.38. The minimum Gasteiger partial charge on any atom is -0.490 e. The van der Waals surface area contributed by atoms with Crippen molar-refractivity contribution in [2.24, 2.45) is 0 Å². The highest BCUT2D eigenvalue weighted by molar-refractivity contribution is 6.76. The van der Waals surface area contributed by atoms with Crippen molar-refractivity contribution in [3.8, 4) is 0 Å². The lowest BCUT2D eigenvalue weighted by atomic mass is 9.59. The average molecular weight is 189 g/mol. The molecule has 13 heavy (non-hydrogen) atoms. The number of hydrogen-bond donors (Lipinski definition) is 4. The lowest BCUT2D eigenvalue weighted by Crippen LogP contribution is -2.49. The minimum absolute atomic E-state index is 0.0173. The van der Waals surface area contributed by atoms with Crippen molar-refractivity contribution in [3.63, 3.8) is 0 Å². The van der Waals surface area contributed by atoms with Gasteiger partial charge in [-0.2, -0.15) is 0 Å². The first-order valence-electron chi connectivity index (χ1n) is 3.04. The highest BCUT2D eigenvalue weighted by atomic mass is 16.4. The van der Waals surface area contributed by atoms with E-state index < -0.39 is 29.7 Å². The van der Waals surface area contributed by atoms with Gasteiger partial charge in [0.25, 0.3) is 0 Å². The summed E-state index contributed by atoms with van der Waals surface area (Å²) in [5.41, 5.74) is -2.86. The molecular weight excluding hydrogens is 183 g/mol. The van der Waals surface area contributed by atoms with E-state index in [9.17, 15) is 14.4 Å². The standard InChI is InChI=1S/C5H6BO7/c7-2(8)1-5(13,3(9)10)6-4(11)12/h13H,1H2,(H,7,8)(H,9,10)(H,11,12)/t5-/m0/s1. The second-order valence-corrected chi connectivity index (χ2v) is 2.28. The molecule has 71 valence electrons. The van der Waals surface area contributed by atoms with Gasteiger partial charge in [0, 0.05) is 0 Å².